The summed E-state index contributed by atoms with van der Waals surface area (Å²) in [6, 6.07) is 8.94. The van der Waals surface area contributed by atoms with Crippen LogP contribution >= 0.6 is 23.2 Å². The fourth-order valence-electron chi connectivity index (χ4n) is 3.26. The Hall–Kier alpha value is -2.44. The van der Waals surface area contributed by atoms with E-state index in [-0.39, 0.29) is 36.3 Å². The third-order valence-electron chi connectivity index (χ3n) is 4.71. The number of phenols is 2. The summed E-state index contributed by atoms with van der Waals surface area (Å²) in [5.74, 6) is -1.48. The molecule has 0 aromatic heterocycles. The predicted molar refractivity (Wildman–Crippen MR) is 102 cm³/mol. The monoisotopic (exact) mass is 408 g/mol. The van der Waals surface area contributed by atoms with Crippen molar-refractivity contribution < 1.29 is 19.8 Å². The number of benzene rings is 2. The molecule has 0 saturated carbocycles. The average molecular weight is 409 g/mol. The molecule has 1 aliphatic rings. The highest BCUT2D eigenvalue weighted by Gasteiger charge is 2.42. The van der Waals surface area contributed by atoms with Gasteiger partial charge < -0.3 is 20.4 Å². The summed E-state index contributed by atoms with van der Waals surface area (Å²) >= 11 is 12.1. The molecule has 1 heterocycles. The minimum Gasteiger partial charge on any atom is -0.504 e. The lowest BCUT2D eigenvalue weighted by molar-refractivity contribution is -0.128. The third kappa shape index (κ3) is 3.96. The van der Waals surface area contributed by atoms with Crippen molar-refractivity contribution in [1.82, 2.24) is 10.2 Å². The van der Waals surface area contributed by atoms with E-state index >= 15 is 0 Å². The molecule has 27 heavy (non-hydrogen) atoms. The highest BCUT2D eigenvalue weighted by atomic mass is 35.5. The Kier molecular flexibility index (Phi) is 5.48. The number of carbonyl (C=O) groups excluding carboxylic acids is 2. The first kappa shape index (κ1) is 19.3. The largest absolute Gasteiger partial charge is 0.504 e. The van der Waals surface area contributed by atoms with E-state index in [1.807, 2.05) is 0 Å². The number of nitrogens with zero attached hydrogens (tertiary/aromatic N) is 1. The first-order chi connectivity index (χ1) is 12.8. The maximum Gasteiger partial charge on any atom is 0.226 e. The van der Waals surface area contributed by atoms with Crippen LogP contribution in [0.1, 0.15) is 23.6 Å². The number of aromatic hydroxyl groups is 2. The molecule has 0 radical (unpaired) electrons. The molecule has 1 aliphatic heterocycles. The van der Waals surface area contributed by atoms with Gasteiger partial charge in [0, 0.05) is 20.0 Å². The molecular formula is C19H18Cl2N2O4. The van der Waals surface area contributed by atoms with Crippen molar-refractivity contribution in [1.29, 1.82) is 0 Å². The molecule has 2 unspecified atom stereocenters. The van der Waals surface area contributed by atoms with Gasteiger partial charge in [-0.25, -0.2) is 0 Å². The zero-order valence-electron chi connectivity index (χ0n) is 14.4. The van der Waals surface area contributed by atoms with Crippen molar-refractivity contribution in [3.05, 3.63) is 57.6 Å². The van der Waals surface area contributed by atoms with Crippen molar-refractivity contribution in [3.8, 4) is 11.5 Å². The van der Waals surface area contributed by atoms with Crippen LogP contribution in [0.25, 0.3) is 0 Å². The van der Waals surface area contributed by atoms with Crippen molar-refractivity contribution in [2.75, 3.05) is 7.05 Å². The lowest BCUT2D eigenvalue weighted by atomic mass is 9.93. The number of halogens is 2. The first-order valence-corrected chi connectivity index (χ1v) is 9.02. The molecule has 0 aliphatic carbocycles. The lowest BCUT2D eigenvalue weighted by Crippen LogP contribution is -2.34. The molecule has 8 heteroatoms. The molecule has 2 aromatic carbocycles. The van der Waals surface area contributed by atoms with Crippen molar-refractivity contribution in [3.63, 3.8) is 0 Å². The molecule has 6 nitrogen and oxygen atoms in total. The summed E-state index contributed by atoms with van der Waals surface area (Å²) in [5.41, 5.74) is 1.36. The number of nitrogens with one attached hydrogen (secondary N) is 1. The maximum absolute atomic E-state index is 12.7. The molecule has 3 N–H and O–H groups in total. The van der Waals surface area contributed by atoms with Crippen LogP contribution in [0.15, 0.2) is 36.4 Å². The summed E-state index contributed by atoms with van der Waals surface area (Å²) in [6.45, 7) is 0.162. The Morgan fingerprint density at radius 1 is 1.15 bits per heavy atom. The van der Waals surface area contributed by atoms with Gasteiger partial charge in [-0.05, 0) is 35.4 Å². The SMILES string of the molecule is CN1C(=O)CC(C(=O)NCc2ccc(O)c(O)c2)C1c1ccc(Cl)c(Cl)c1. The fraction of sp³-hybridized carbons (Fsp3) is 0.263. The number of carbonyl (C=O) groups is 2. The van der Waals surface area contributed by atoms with E-state index in [4.69, 9.17) is 23.2 Å². The Labute approximate surface area is 166 Å². The average Bonchev–Trinajstić information content (AvgIpc) is 2.93. The number of likely N-dealkylation sites (tertiary alicyclic amines) is 1. The first-order valence-electron chi connectivity index (χ1n) is 8.27. The van der Waals surface area contributed by atoms with Gasteiger partial charge in [0.05, 0.1) is 22.0 Å². The number of rotatable bonds is 4. The molecule has 0 spiro atoms. The molecule has 2 atom stereocenters. The van der Waals surface area contributed by atoms with Gasteiger partial charge in [-0.3, -0.25) is 9.59 Å². The number of amides is 2. The van der Waals surface area contributed by atoms with E-state index in [0.29, 0.717) is 15.6 Å². The van der Waals surface area contributed by atoms with E-state index in [2.05, 4.69) is 5.32 Å². The van der Waals surface area contributed by atoms with Crippen LogP contribution in [0.5, 0.6) is 11.5 Å². The second-order valence-electron chi connectivity index (χ2n) is 6.47. The summed E-state index contributed by atoms with van der Waals surface area (Å²) in [4.78, 5) is 26.5. The van der Waals surface area contributed by atoms with Crippen LogP contribution in [-0.2, 0) is 16.1 Å². The molecule has 1 fully saturated rings. The Morgan fingerprint density at radius 2 is 1.89 bits per heavy atom. The predicted octanol–water partition coefficient (Wildman–Crippen LogP) is 3.24. The van der Waals surface area contributed by atoms with Crippen molar-refractivity contribution >= 4 is 35.0 Å². The van der Waals surface area contributed by atoms with Gasteiger partial charge in [0.1, 0.15) is 0 Å². The van der Waals surface area contributed by atoms with E-state index in [1.54, 1.807) is 31.3 Å². The molecule has 142 valence electrons. The summed E-state index contributed by atoms with van der Waals surface area (Å²) in [7, 11) is 1.65. The van der Waals surface area contributed by atoms with Crippen LogP contribution in [0.4, 0.5) is 0 Å². The van der Waals surface area contributed by atoms with Crippen molar-refractivity contribution in [2.24, 2.45) is 5.92 Å². The zero-order valence-corrected chi connectivity index (χ0v) is 16.0. The molecule has 3 rings (SSSR count). The van der Waals surface area contributed by atoms with Crippen molar-refractivity contribution in [2.45, 2.75) is 19.0 Å². The maximum atomic E-state index is 12.7. The zero-order chi connectivity index (χ0) is 19.7. The van der Waals surface area contributed by atoms with Gasteiger partial charge in [-0.1, -0.05) is 35.3 Å². The third-order valence-corrected chi connectivity index (χ3v) is 5.45. The van der Waals surface area contributed by atoms with Crippen LogP contribution in [0.3, 0.4) is 0 Å². The Bertz CT molecular complexity index is 903. The number of hydrogen-bond donors (Lipinski definition) is 3. The Morgan fingerprint density at radius 3 is 2.56 bits per heavy atom. The van der Waals surface area contributed by atoms with Gasteiger partial charge in [-0.15, -0.1) is 0 Å². The second kappa shape index (κ2) is 7.66. The topological polar surface area (TPSA) is 89.9 Å². The quantitative estimate of drug-likeness (QED) is 0.677. The highest BCUT2D eigenvalue weighted by molar-refractivity contribution is 6.42. The van der Waals surface area contributed by atoms with E-state index in [0.717, 1.165) is 5.56 Å². The number of phenolic OH excluding ortho intramolecular Hbond substituents is 2. The Balaban J connectivity index is 1.78. The van der Waals surface area contributed by atoms with Gasteiger partial charge in [0.15, 0.2) is 11.5 Å². The molecule has 1 saturated heterocycles. The van der Waals surface area contributed by atoms with E-state index < -0.39 is 12.0 Å². The minimum atomic E-state index is -0.578. The fourth-order valence-corrected chi connectivity index (χ4v) is 3.56. The van der Waals surface area contributed by atoms with Crippen LogP contribution in [0.2, 0.25) is 10.0 Å². The highest BCUT2D eigenvalue weighted by Crippen LogP contribution is 2.39. The lowest BCUT2D eigenvalue weighted by Gasteiger charge is -2.25. The molecule has 2 aromatic rings. The van der Waals surface area contributed by atoms with Crippen LogP contribution in [-0.4, -0.2) is 34.0 Å². The van der Waals surface area contributed by atoms with Crippen LogP contribution < -0.4 is 5.32 Å². The van der Waals surface area contributed by atoms with E-state index in [1.165, 1.54) is 17.0 Å². The standard InChI is InChI=1S/C19H18Cl2N2O4/c1-23-17(26)8-12(18(23)11-3-4-13(20)14(21)7-11)19(27)22-9-10-2-5-15(24)16(25)6-10/h2-7,12,18,24-25H,8-9H2,1H3,(H,22,27). The normalized spacial score (nSPS) is 19.4. The van der Waals surface area contributed by atoms with Gasteiger partial charge in [-0.2, -0.15) is 0 Å². The number of hydrogen-bond acceptors (Lipinski definition) is 4. The molecule has 2 amide bonds. The minimum absolute atomic E-state index is 0.0913. The molecule has 0 bridgehead atoms. The van der Waals surface area contributed by atoms with Gasteiger partial charge in [0.25, 0.3) is 0 Å². The molecular weight excluding hydrogens is 391 g/mol. The summed E-state index contributed by atoms with van der Waals surface area (Å²) in [6.07, 6.45) is 0.0913. The van der Waals surface area contributed by atoms with Gasteiger partial charge in [0.2, 0.25) is 11.8 Å². The summed E-state index contributed by atoms with van der Waals surface area (Å²) < 4.78 is 0. The van der Waals surface area contributed by atoms with E-state index in [9.17, 15) is 19.8 Å². The van der Waals surface area contributed by atoms with Crippen LogP contribution in [0, 0.1) is 5.92 Å². The smallest absolute Gasteiger partial charge is 0.226 e. The summed E-state index contributed by atoms with van der Waals surface area (Å²) in [5, 5.41) is 22.5. The van der Waals surface area contributed by atoms with Gasteiger partial charge >= 0.3 is 0 Å². The second-order valence-corrected chi connectivity index (χ2v) is 7.29.